The standard InChI is InChI=1S/C22H31N7O/c1-14-11-16-13-17(21(30)23-18(16)12-15(14)2)19(28-9-7-27(6)8-10-28)20-24-25-26-29(20)22(3,4)5/h11-13,19H,7-10H2,1-6H3,(H,23,30)/p+2/t19-/m1/s1. The molecule has 8 heteroatoms. The number of rotatable bonds is 3. The van der Waals surface area contributed by atoms with Gasteiger partial charge in [-0.15, -0.1) is 5.10 Å². The first-order chi connectivity index (χ1) is 14.1. The summed E-state index contributed by atoms with van der Waals surface area (Å²) in [4.78, 5) is 19.3. The van der Waals surface area contributed by atoms with Crippen molar-refractivity contribution < 1.29 is 9.80 Å². The highest BCUT2D eigenvalue weighted by atomic mass is 16.1. The van der Waals surface area contributed by atoms with Gasteiger partial charge in [-0.1, -0.05) is 0 Å². The van der Waals surface area contributed by atoms with Crippen LogP contribution in [0.1, 0.15) is 49.3 Å². The molecule has 2 aromatic heterocycles. The van der Waals surface area contributed by atoms with Crippen LogP contribution in [-0.2, 0) is 5.54 Å². The number of likely N-dealkylation sites (N-methyl/N-ethyl adjacent to an activating group) is 1. The lowest BCUT2D eigenvalue weighted by atomic mass is 9.99. The van der Waals surface area contributed by atoms with E-state index < -0.39 is 0 Å². The average molecular weight is 412 g/mol. The number of hydrogen-bond donors (Lipinski definition) is 3. The van der Waals surface area contributed by atoms with E-state index in [-0.39, 0.29) is 17.1 Å². The second-order valence-electron chi connectivity index (χ2n) is 9.75. The van der Waals surface area contributed by atoms with Crippen LogP contribution in [0, 0.1) is 13.8 Å². The molecular formula is C22H33N7O+2. The third kappa shape index (κ3) is 3.77. The molecule has 1 atom stereocenters. The minimum absolute atomic E-state index is 0.0574. The predicted octanol–water partition coefficient (Wildman–Crippen LogP) is -0.611. The molecule has 8 nitrogen and oxygen atoms in total. The molecule has 4 rings (SSSR count). The molecule has 1 aliphatic heterocycles. The molecular weight excluding hydrogens is 378 g/mol. The number of nitrogens with one attached hydrogen (secondary N) is 3. The van der Waals surface area contributed by atoms with Gasteiger partial charge in [0.2, 0.25) is 5.82 Å². The zero-order valence-electron chi connectivity index (χ0n) is 18.8. The maximum atomic E-state index is 13.3. The number of pyridine rings is 1. The van der Waals surface area contributed by atoms with Gasteiger partial charge in [0.15, 0.2) is 6.04 Å². The summed E-state index contributed by atoms with van der Waals surface area (Å²) < 4.78 is 1.87. The largest absolute Gasteiger partial charge is 0.328 e. The SMILES string of the molecule is Cc1cc2cc([C@H](c3nnnn3C(C)(C)C)[NH+]3CC[NH+](C)CC3)c(=O)[nH]c2cc1C. The number of aromatic nitrogens is 5. The fourth-order valence-corrected chi connectivity index (χ4v) is 4.39. The lowest BCUT2D eigenvalue weighted by Crippen LogP contribution is -3.27. The molecule has 3 aromatic rings. The van der Waals surface area contributed by atoms with Gasteiger partial charge in [0, 0.05) is 5.52 Å². The van der Waals surface area contributed by atoms with Crippen LogP contribution >= 0.6 is 0 Å². The second-order valence-corrected chi connectivity index (χ2v) is 9.75. The van der Waals surface area contributed by atoms with Crippen molar-refractivity contribution in [1.29, 1.82) is 0 Å². The van der Waals surface area contributed by atoms with E-state index in [0.29, 0.717) is 0 Å². The number of aromatic amines is 1. The minimum Gasteiger partial charge on any atom is -0.328 e. The van der Waals surface area contributed by atoms with Crippen molar-refractivity contribution >= 4 is 10.9 Å². The average Bonchev–Trinajstić information content (AvgIpc) is 3.15. The van der Waals surface area contributed by atoms with Gasteiger partial charge in [-0.05, 0) is 79.8 Å². The van der Waals surface area contributed by atoms with Crippen LogP contribution in [0.3, 0.4) is 0 Å². The van der Waals surface area contributed by atoms with E-state index in [1.165, 1.54) is 20.9 Å². The Bertz CT molecular complexity index is 1120. The van der Waals surface area contributed by atoms with Crippen LogP contribution in [-0.4, -0.2) is 58.4 Å². The molecule has 1 saturated heterocycles. The minimum atomic E-state index is -0.272. The first-order valence-electron chi connectivity index (χ1n) is 10.7. The third-order valence-electron chi connectivity index (χ3n) is 6.34. The summed E-state index contributed by atoms with van der Waals surface area (Å²) >= 11 is 0. The van der Waals surface area contributed by atoms with Crippen LogP contribution < -0.4 is 15.4 Å². The second kappa shape index (κ2) is 7.59. The molecule has 0 saturated carbocycles. The van der Waals surface area contributed by atoms with Crippen LogP contribution in [0.4, 0.5) is 0 Å². The van der Waals surface area contributed by atoms with E-state index in [9.17, 15) is 4.79 Å². The number of hydrogen-bond acceptors (Lipinski definition) is 4. The molecule has 0 amide bonds. The monoisotopic (exact) mass is 411 g/mol. The quantitative estimate of drug-likeness (QED) is 0.537. The Kier molecular flexibility index (Phi) is 5.23. The molecule has 3 N–H and O–H groups in total. The lowest BCUT2D eigenvalue weighted by molar-refractivity contribution is -1.02. The number of piperazine rings is 1. The molecule has 0 spiro atoms. The Morgan fingerprint density at radius 3 is 2.40 bits per heavy atom. The maximum absolute atomic E-state index is 13.3. The van der Waals surface area contributed by atoms with Crippen LogP contribution in [0.5, 0.6) is 0 Å². The summed E-state index contributed by atoms with van der Waals surface area (Å²) in [5.41, 5.74) is 3.67. The molecule has 0 unspecified atom stereocenters. The van der Waals surface area contributed by atoms with Crippen molar-refractivity contribution in [2.45, 2.75) is 46.2 Å². The Balaban J connectivity index is 1.90. The molecule has 1 fully saturated rings. The van der Waals surface area contributed by atoms with Crippen LogP contribution in [0.25, 0.3) is 10.9 Å². The molecule has 0 bridgehead atoms. The first-order valence-corrected chi connectivity index (χ1v) is 10.7. The van der Waals surface area contributed by atoms with Crippen molar-refractivity contribution in [3.63, 3.8) is 0 Å². The van der Waals surface area contributed by atoms with Crippen molar-refractivity contribution in [2.24, 2.45) is 0 Å². The number of nitrogens with zero attached hydrogens (tertiary/aromatic N) is 4. The van der Waals surface area contributed by atoms with Gasteiger partial charge in [-0.25, -0.2) is 4.68 Å². The first kappa shape index (κ1) is 20.7. The van der Waals surface area contributed by atoms with E-state index >= 15 is 0 Å². The van der Waals surface area contributed by atoms with Gasteiger partial charge in [0.05, 0.1) is 18.2 Å². The molecule has 1 aromatic carbocycles. The molecule has 3 heterocycles. The molecule has 160 valence electrons. The highest BCUT2D eigenvalue weighted by Gasteiger charge is 2.38. The fourth-order valence-electron chi connectivity index (χ4n) is 4.39. The van der Waals surface area contributed by atoms with E-state index in [1.54, 1.807) is 0 Å². The summed E-state index contributed by atoms with van der Waals surface area (Å²) in [6.07, 6.45) is 0. The maximum Gasteiger partial charge on any atom is 0.258 e. The van der Waals surface area contributed by atoms with Crippen LogP contribution in [0.15, 0.2) is 23.0 Å². The third-order valence-corrected chi connectivity index (χ3v) is 6.34. The number of aryl methyl sites for hydroxylation is 2. The zero-order valence-corrected chi connectivity index (χ0v) is 18.8. The predicted molar refractivity (Wildman–Crippen MR) is 116 cm³/mol. The highest BCUT2D eigenvalue weighted by molar-refractivity contribution is 5.80. The number of tetrazole rings is 1. The van der Waals surface area contributed by atoms with Gasteiger partial charge < -0.3 is 14.8 Å². The van der Waals surface area contributed by atoms with Gasteiger partial charge in [-0.2, -0.15) is 0 Å². The number of quaternary nitrogens is 2. The number of fused-ring (bicyclic) bond motifs is 1. The normalized spacial score (nSPS) is 21.1. The van der Waals surface area contributed by atoms with Crippen molar-refractivity contribution in [3.8, 4) is 0 Å². The van der Waals surface area contributed by atoms with Gasteiger partial charge in [-0.3, -0.25) is 4.79 Å². The zero-order chi connectivity index (χ0) is 21.6. The van der Waals surface area contributed by atoms with Gasteiger partial charge in [0.1, 0.15) is 26.2 Å². The van der Waals surface area contributed by atoms with Gasteiger partial charge in [0.25, 0.3) is 5.56 Å². The Labute approximate surface area is 176 Å². The number of benzene rings is 1. The molecule has 0 aliphatic carbocycles. The summed E-state index contributed by atoms with van der Waals surface area (Å²) in [7, 11) is 2.22. The molecule has 30 heavy (non-hydrogen) atoms. The number of H-pyrrole nitrogens is 1. The topological polar surface area (TPSA) is 85.3 Å². The van der Waals surface area contributed by atoms with Crippen LogP contribution in [0.2, 0.25) is 0 Å². The summed E-state index contributed by atoms with van der Waals surface area (Å²) in [6.45, 7) is 14.5. The van der Waals surface area contributed by atoms with Crippen molar-refractivity contribution in [1.82, 2.24) is 25.2 Å². The Hall–Kier alpha value is -2.58. The fraction of sp³-hybridized carbons (Fsp3) is 0.545. The highest BCUT2D eigenvalue weighted by Crippen LogP contribution is 2.23. The van der Waals surface area contributed by atoms with Crippen molar-refractivity contribution in [2.75, 3.05) is 33.2 Å². The van der Waals surface area contributed by atoms with E-state index in [1.807, 2.05) is 10.7 Å². The Morgan fingerprint density at radius 1 is 1.07 bits per heavy atom. The summed E-state index contributed by atoms with van der Waals surface area (Å²) in [6, 6.07) is 6.04. The van der Waals surface area contributed by atoms with Gasteiger partial charge >= 0.3 is 0 Å². The lowest BCUT2D eigenvalue weighted by Gasteiger charge is -2.33. The summed E-state index contributed by atoms with van der Waals surface area (Å²) in [5.74, 6) is 0.755. The van der Waals surface area contributed by atoms with E-state index in [2.05, 4.69) is 74.3 Å². The van der Waals surface area contributed by atoms with E-state index in [0.717, 1.165) is 48.5 Å². The summed E-state index contributed by atoms with van der Waals surface area (Å²) in [5, 5.41) is 13.8. The molecule has 1 aliphatic rings. The smallest absolute Gasteiger partial charge is 0.258 e. The van der Waals surface area contributed by atoms with E-state index in [4.69, 9.17) is 0 Å². The Morgan fingerprint density at radius 2 is 1.73 bits per heavy atom. The van der Waals surface area contributed by atoms with Crippen molar-refractivity contribution in [3.05, 3.63) is 51.1 Å². The molecule has 0 radical (unpaired) electrons.